The van der Waals surface area contributed by atoms with Gasteiger partial charge in [-0.2, -0.15) is 10.2 Å². The molecule has 0 saturated carbocycles. The van der Waals surface area contributed by atoms with Crippen molar-refractivity contribution >= 4 is 11.6 Å². The van der Waals surface area contributed by atoms with Crippen LogP contribution in [0.1, 0.15) is 23.8 Å². The number of rotatable bonds is 7. The van der Waals surface area contributed by atoms with E-state index in [1.165, 1.54) is 0 Å². The standard InChI is InChI=1S/C14H22N6O/c1-4-6-19-7-5-13(17-19)14(21)16-12-10-15-20(11-12)9-8-18(2)3/h5,7,10-11H,4,6,8-9H2,1-3H3,(H,16,21). The van der Waals surface area contributed by atoms with Crippen molar-refractivity contribution in [3.05, 3.63) is 30.4 Å². The lowest BCUT2D eigenvalue weighted by Gasteiger charge is -2.08. The summed E-state index contributed by atoms with van der Waals surface area (Å²) in [6.07, 6.45) is 6.28. The highest BCUT2D eigenvalue weighted by Crippen LogP contribution is 2.07. The monoisotopic (exact) mass is 290 g/mol. The average molecular weight is 290 g/mol. The van der Waals surface area contributed by atoms with E-state index in [4.69, 9.17) is 0 Å². The maximum atomic E-state index is 12.1. The molecule has 2 aromatic heterocycles. The predicted molar refractivity (Wildman–Crippen MR) is 81.3 cm³/mol. The molecule has 0 unspecified atom stereocenters. The summed E-state index contributed by atoms with van der Waals surface area (Å²) in [6, 6.07) is 1.72. The third kappa shape index (κ3) is 4.42. The van der Waals surface area contributed by atoms with E-state index in [-0.39, 0.29) is 5.91 Å². The molecule has 0 radical (unpaired) electrons. The van der Waals surface area contributed by atoms with Crippen LogP contribution in [0.5, 0.6) is 0 Å². The Hall–Kier alpha value is -2.15. The summed E-state index contributed by atoms with van der Waals surface area (Å²) in [6.45, 7) is 4.57. The van der Waals surface area contributed by atoms with Crippen LogP contribution in [0, 0.1) is 0 Å². The zero-order valence-corrected chi connectivity index (χ0v) is 12.8. The number of aryl methyl sites for hydroxylation is 1. The molecule has 1 amide bonds. The Bertz CT molecular complexity index is 586. The zero-order chi connectivity index (χ0) is 15.2. The van der Waals surface area contributed by atoms with Crippen LogP contribution in [0.25, 0.3) is 0 Å². The molecule has 2 rings (SSSR count). The van der Waals surface area contributed by atoms with Crippen molar-refractivity contribution in [1.29, 1.82) is 0 Å². The molecular weight excluding hydrogens is 268 g/mol. The Morgan fingerprint density at radius 3 is 2.86 bits per heavy atom. The minimum atomic E-state index is -0.211. The van der Waals surface area contributed by atoms with E-state index in [1.807, 2.05) is 31.2 Å². The van der Waals surface area contributed by atoms with Gasteiger partial charge < -0.3 is 10.2 Å². The Labute approximate surface area is 124 Å². The first-order chi connectivity index (χ1) is 10.1. The van der Waals surface area contributed by atoms with E-state index in [9.17, 15) is 4.79 Å². The molecular formula is C14H22N6O. The fraction of sp³-hybridized carbons (Fsp3) is 0.500. The van der Waals surface area contributed by atoms with E-state index in [0.717, 1.165) is 26.1 Å². The molecule has 0 aliphatic rings. The summed E-state index contributed by atoms with van der Waals surface area (Å²) in [5, 5.41) is 11.3. The lowest BCUT2D eigenvalue weighted by Crippen LogP contribution is -2.18. The Balaban J connectivity index is 1.92. The smallest absolute Gasteiger partial charge is 0.276 e. The number of nitrogens with one attached hydrogen (secondary N) is 1. The third-order valence-corrected chi connectivity index (χ3v) is 2.99. The molecule has 0 atom stereocenters. The Morgan fingerprint density at radius 2 is 2.14 bits per heavy atom. The van der Waals surface area contributed by atoms with Gasteiger partial charge in [0.25, 0.3) is 5.91 Å². The number of nitrogens with zero attached hydrogens (tertiary/aromatic N) is 5. The normalized spacial score (nSPS) is 11.0. The summed E-state index contributed by atoms with van der Waals surface area (Å²) in [5.74, 6) is -0.211. The van der Waals surface area contributed by atoms with E-state index in [1.54, 1.807) is 16.9 Å². The fourth-order valence-electron chi connectivity index (χ4n) is 1.88. The summed E-state index contributed by atoms with van der Waals surface area (Å²) >= 11 is 0. The summed E-state index contributed by atoms with van der Waals surface area (Å²) in [4.78, 5) is 14.2. The van der Waals surface area contributed by atoms with Crippen molar-refractivity contribution < 1.29 is 4.79 Å². The molecule has 0 saturated heterocycles. The van der Waals surface area contributed by atoms with Gasteiger partial charge in [-0.25, -0.2) is 0 Å². The van der Waals surface area contributed by atoms with Crippen LogP contribution in [0.4, 0.5) is 5.69 Å². The SMILES string of the molecule is CCCn1ccc(C(=O)Nc2cnn(CCN(C)C)c2)n1. The quantitative estimate of drug-likeness (QED) is 0.834. The van der Waals surface area contributed by atoms with Crippen molar-refractivity contribution in [3.8, 4) is 0 Å². The van der Waals surface area contributed by atoms with Crippen molar-refractivity contribution in [2.45, 2.75) is 26.4 Å². The van der Waals surface area contributed by atoms with E-state index in [0.29, 0.717) is 11.4 Å². The number of likely N-dealkylation sites (N-methyl/N-ethyl adjacent to an activating group) is 1. The lowest BCUT2D eigenvalue weighted by molar-refractivity contribution is 0.102. The van der Waals surface area contributed by atoms with Gasteiger partial charge in [0.2, 0.25) is 0 Å². The number of carbonyl (C=O) groups excluding carboxylic acids is 1. The molecule has 7 nitrogen and oxygen atoms in total. The molecule has 0 aromatic carbocycles. The van der Waals surface area contributed by atoms with Crippen LogP contribution < -0.4 is 5.32 Å². The van der Waals surface area contributed by atoms with Gasteiger partial charge >= 0.3 is 0 Å². The molecule has 2 aromatic rings. The largest absolute Gasteiger partial charge is 0.318 e. The van der Waals surface area contributed by atoms with Gasteiger partial charge in [-0.1, -0.05) is 6.92 Å². The fourth-order valence-corrected chi connectivity index (χ4v) is 1.88. The average Bonchev–Trinajstić information content (AvgIpc) is 3.06. The van der Waals surface area contributed by atoms with Crippen molar-refractivity contribution in [1.82, 2.24) is 24.5 Å². The second-order valence-corrected chi connectivity index (χ2v) is 5.21. The molecule has 21 heavy (non-hydrogen) atoms. The first-order valence-corrected chi connectivity index (χ1v) is 7.10. The number of amides is 1. The second kappa shape index (κ2) is 7.03. The number of anilines is 1. The maximum absolute atomic E-state index is 12.1. The van der Waals surface area contributed by atoms with Crippen LogP contribution in [0.15, 0.2) is 24.7 Å². The van der Waals surface area contributed by atoms with Crippen molar-refractivity contribution in [3.63, 3.8) is 0 Å². The molecule has 0 aliphatic heterocycles. The topological polar surface area (TPSA) is 68.0 Å². The van der Waals surface area contributed by atoms with E-state index >= 15 is 0 Å². The van der Waals surface area contributed by atoms with E-state index < -0.39 is 0 Å². The number of carbonyl (C=O) groups is 1. The van der Waals surface area contributed by atoms with Crippen molar-refractivity contribution in [2.75, 3.05) is 26.0 Å². The Morgan fingerprint density at radius 1 is 1.33 bits per heavy atom. The van der Waals surface area contributed by atoms with Gasteiger partial charge in [0.1, 0.15) is 0 Å². The molecule has 0 aliphatic carbocycles. The highest BCUT2D eigenvalue weighted by atomic mass is 16.2. The van der Waals surface area contributed by atoms with Gasteiger partial charge in [0.15, 0.2) is 5.69 Å². The van der Waals surface area contributed by atoms with E-state index in [2.05, 4.69) is 27.3 Å². The van der Waals surface area contributed by atoms with Crippen LogP contribution in [-0.4, -0.2) is 51.0 Å². The van der Waals surface area contributed by atoms with Gasteiger partial charge in [0.05, 0.1) is 18.4 Å². The molecule has 0 spiro atoms. The van der Waals surface area contributed by atoms with Crippen molar-refractivity contribution in [2.24, 2.45) is 0 Å². The molecule has 114 valence electrons. The minimum Gasteiger partial charge on any atom is -0.318 e. The van der Waals surface area contributed by atoms with Gasteiger partial charge in [-0.05, 0) is 26.6 Å². The number of hydrogen-bond acceptors (Lipinski definition) is 4. The highest BCUT2D eigenvalue weighted by molar-refractivity contribution is 6.02. The van der Waals surface area contributed by atoms with Crippen LogP contribution >= 0.6 is 0 Å². The molecule has 2 heterocycles. The van der Waals surface area contributed by atoms with Gasteiger partial charge in [0, 0.05) is 25.5 Å². The summed E-state index contributed by atoms with van der Waals surface area (Å²) < 4.78 is 3.58. The van der Waals surface area contributed by atoms with Gasteiger partial charge in [-0.15, -0.1) is 0 Å². The lowest BCUT2D eigenvalue weighted by atomic mass is 10.4. The molecule has 7 heteroatoms. The second-order valence-electron chi connectivity index (χ2n) is 5.21. The predicted octanol–water partition coefficient (Wildman–Crippen LogP) is 1.30. The molecule has 0 fully saturated rings. The number of hydrogen-bond donors (Lipinski definition) is 1. The maximum Gasteiger partial charge on any atom is 0.276 e. The van der Waals surface area contributed by atoms with Crippen LogP contribution in [0.3, 0.4) is 0 Å². The molecule has 0 bridgehead atoms. The van der Waals surface area contributed by atoms with Crippen LogP contribution in [-0.2, 0) is 13.1 Å². The first-order valence-electron chi connectivity index (χ1n) is 7.10. The summed E-state index contributed by atoms with van der Waals surface area (Å²) in [7, 11) is 4.03. The summed E-state index contributed by atoms with van der Waals surface area (Å²) in [5.41, 5.74) is 1.10. The third-order valence-electron chi connectivity index (χ3n) is 2.99. The highest BCUT2D eigenvalue weighted by Gasteiger charge is 2.10. The zero-order valence-electron chi connectivity index (χ0n) is 12.8. The first kappa shape index (κ1) is 15.2. The molecule has 1 N–H and O–H groups in total. The number of aromatic nitrogens is 4. The van der Waals surface area contributed by atoms with Gasteiger partial charge in [-0.3, -0.25) is 14.2 Å². The van der Waals surface area contributed by atoms with Crippen LogP contribution in [0.2, 0.25) is 0 Å². The minimum absolute atomic E-state index is 0.211. The Kier molecular flexibility index (Phi) is 5.10.